The predicted octanol–water partition coefficient (Wildman–Crippen LogP) is 6.63. The van der Waals surface area contributed by atoms with E-state index >= 15 is 0 Å². The third kappa shape index (κ3) is 4.36. The summed E-state index contributed by atoms with van der Waals surface area (Å²) < 4.78 is 4.86. The lowest BCUT2D eigenvalue weighted by molar-refractivity contribution is -0.113. The Bertz CT molecular complexity index is 1440. The van der Waals surface area contributed by atoms with Gasteiger partial charge in [0.05, 0.1) is 30.5 Å². The maximum absolute atomic E-state index is 14.0. The van der Waals surface area contributed by atoms with Crippen LogP contribution in [0.2, 0.25) is 5.02 Å². The van der Waals surface area contributed by atoms with E-state index in [2.05, 4.69) is 0 Å². The van der Waals surface area contributed by atoms with Gasteiger partial charge in [-0.2, -0.15) is 0 Å². The minimum absolute atomic E-state index is 0.0940. The fourth-order valence-corrected chi connectivity index (χ4v) is 4.58. The van der Waals surface area contributed by atoms with Crippen molar-refractivity contribution in [2.24, 2.45) is 0 Å². The van der Waals surface area contributed by atoms with Crippen LogP contribution in [0.25, 0.3) is 11.1 Å². The Morgan fingerprint density at radius 2 is 1.46 bits per heavy atom. The van der Waals surface area contributed by atoms with E-state index in [0.717, 1.165) is 33.5 Å². The highest BCUT2D eigenvalue weighted by Gasteiger charge is 2.35. The molecule has 0 atom stereocenters. The number of rotatable bonds is 5. The summed E-state index contributed by atoms with van der Waals surface area (Å²) in [6, 6.07) is 32.4. The molecule has 0 N–H and O–H groups in total. The lowest BCUT2D eigenvalue weighted by atomic mass is 9.90. The molecule has 5 rings (SSSR count). The molecule has 1 amide bonds. The van der Waals surface area contributed by atoms with Crippen molar-refractivity contribution in [1.29, 1.82) is 0 Å². The number of ether oxygens (including phenoxy) is 1. The molecule has 1 aliphatic heterocycles. The number of carbonyl (C=O) groups is 2. The summed E-state index contributed by atoms with van der Waals surface area (Å²) in [5, 5.41) is 0.636. The van der Waals surface area contributed by atoms with Crippen molar-refractivity contribution in [1.82, 2.24) is 0 Å². The monoisotopic (exact) mass is 479 g/mol. The van der Waals surface area contributed by atoms with E-state index in [1.807, 2.05) is 84.9 Å². The zero-order chi connectivity index (χ0) is 24.4. The lowest BCUT2D eigenvalue weighted by Gasteiger charge is -2.18. The standard InChI is InChI=1S/C30H22ClNO3/c1-35-30(34)23-11-7-8-20(18-23)19-32-26-13-6-5-12-25(26)28(29(32)33)27(21-9-3-2-4-10-21)22-14-16-24(31)17-15-22/h2-18H,19H2,1H3. The zero-order valence-electron chi connectivity index (χ0n) is 19.1. The molecule has 4 aromatic rings. The van der Waals surface area contributed by atoms with Crippen molar-refractivity contribution in [2.45, 2.75) is 6.54 Å². The summed E-state index contributed by atoms with van der Waals surface area (Å²) in [5.41, 5.74) is 6.34. The second-order valence-electron chi connectivity index (χ2n) is 8.22. The fraction of sp³-hybridized carbons (Fsp3) is 0.0667. The van der Waals surface area contributed by atoms with Gasteiger partial charge < -0.3 is 9.64 Å². The molecule has 0 radical (unpaired) electrons. The molecule has 0 bridgehead atoms. The van der Waals surface area contributed by atoms with E-state index in [1.54, 1.807) is 23.1 Å². The first kappa shape index (κ1) is 22.6. The first-order valence-electron chi connectivity index (χ1n) is 11.2. The van der Waals surface area contributed by atoms with E-state index in [9.17, 15) is 9.59 Å². The molecular formula is C30H22ClNO3. The highest BCUT2D eigenvalue weighted by molar-refractivity contribution is 6.39. The SMILES string of the molecule is COC(=O)c1cccc(CN2C(=O)C(=C(c3ccccc3)c3ccc(Cl)cc3)c3ccccc32)c1. The minimum atomic E-state index is -0.408. The van der Waals surface area contributed by atoms with Crippen LogP contribution in [0.15, 0.2) is 103 Å². The highest BCUT2D eigenvalue weighted by atomic mass is 35.5. The number of fused-ring (bicyclic) bond motifs is 1. The van der Waals surface area contributed by atoms with Gasteiger partial charge in [-0.1, -0.05) is 84.4 Å². The van der Waals surface area contributed by atoms with Crippen LogP contribution in [0.3, 0.4) is 0 Å². The molecule has 0 aliphatic carbocycles. The molecule has 172 valence electrons. The number of carbonyl (C=O) groups excluding carboxylic acids is 2. The number of para-hydroxylation sites is 1. The summed E-state index contributed by atoms with van der Waals surface area (Å²) in [6.07, 6.45) is 0. The van der Waals surface area contributed by atoms with Crippen molar-refractivity contribution in [2.75, 3.05) is 12.0 Å². The van der Waals surface area contributed by atoms with E-state index in [4.69, 9.17) is 16.3 Å². The van der Waals surface area contributed by atoms with Gasteiger partial charge in [-0.05, 0) is 47.0 Å². The Hall–Kier alpha value is -4.15. The first-order chi connectivity index (χ1) is 17.1. The molecule has 0 saturated carbocycles. The molecule has 4 nitrogen and oxygen atoms in total. The van der Waals surface area contributed by atoms with Crippen LogP contribution in [0.4, 0.5) is 5.69 Å². The number of hydrogen-bond acceptors (Lipinski definition) is 3. The van der Waals surface area contributed by atoms with Crippen LogP contribution in [0.1, 0.15) is 32.6 Å². The summed E-state index contributed by atoms with van der Waals surface area (Å²) in [6.45, 7) is 0.326. The molecule has 1 aliphatic rings. The Kier molecular flexibility index (Phi) is 6.21. The summed E-state index contributed by atoms with van der Waals surface area (Å²) in [5.74, 6) is -0.502. The van der Waals surface area contributed by atoms with Crippen LogP contribution in [0.5, 0.6) is 0 Å². The first-order valence-corrected chi connectivity index (χ1v) is 11.6. The van der Waals surface area contributed by atoms with Gasteiger partial charge in [0, 0.05) is 16.2 Å². The highest BCUT2D eigenvalue weighted by Crippen LogP contribution is 2.43. The maximum Gasteiger partial charge on any atom is 0.337 e. The molecule has 1 heterocycles. The summed E-state index contributed by atoms with van der Waals surface area (Å²) in [4.78, 5) is 27.8. The van der Waals surface area contributed by atoms with Gasteiger partial charge in [0.1, 0.15) is 0 Å². The molecule has 35 heavy (non-hydrogen) atoms. The number of halogens is 1. The van der Waals surface area contributed by atoms with E-state index in [-0.39, 0.29) is 5.91 Å². The molecule has 0 fully saturated rings. The lowest BCUT2D eigenvalue weighted by Crippen LogP contribution is -2.26. The molecule has 4 aromatic carbocycles. The number of amides is 1. The fourth-order valence-electron chi connectivity index (χ4n) is 4.45. The van der Waals surface area contributed by atoms with Crippen molar-refractivity contribution >= 4 is 40.3 Å². The molecular weight excluding hydrogens is 458 g/mol. The molecule has 5 heteroatoms. The van der Waals surface area contributed by atoms with Crippen LogP contribution in [-0.4, -0.2) is 19.0 Å². The Morgan fingerprint density at radius 3 is 2.20 bits per heavy atom. The van der Waals surface area contributed by atoms with Crippen LogP contribution >= 0.6 is 11.6 Å². The Morgan fingerprint density at radius 1 is 0.800 bits per heavy atom. The van der Waals surface area contributed by atoms with Crippen LogP contribution in [-0.2, 0) is 16.1 Å². The number of esters is 1. The van der Waals surface area contributed by atoms with Gasteiger partial charge in [-0.25, -0.2) is 4.79 Å². The summed E-state index contributed by atoms with van der Waals surface area (Å²) >= 11 is 6.17. The normalized spacial score (nSPS) is 14.0. The minimum Gasteiger partial charge on any atom is -0.465 e. The van der Waals surface area contributed by atoms with Gasteiger partial charge in [0.25, 0.3) is 5.91 Å². The quantitative estimate of drug-likeness (QED) is 0.238. The van der Waals surface area contributed by atoms with Gasteiger partial charge in [-0.3, -0.25) is 4.79 Å². The Labute approximate surface area is 209 Å². The van der Waals surface area contributed by atoms with E-state index < -0.39 is 5.97 Å². The zero-order valence-corrected chi connectivity index (χ0v) is 19.8. The molecule has 0 aromatic heterocycles. The molecule has 0 unspecified atom stereocenters. The number of benzene rings is 4. The second-order valence-corrected chi connectivity index (χ2v) is 8.66. The third-order valence-electron chi connectivity index (χ3n) is 6.06. The third-order valence-corrected chi connectivity index (χ3v) is 6.31. The topological polar surface area (TPSA) is 46.6 Å². The van der Waals surface area contributed by atoms with Crippen molar-refractivity contribution in [3.05, 3.63) is 136 Å². The summed E-state index contributed by atoms with van der Waals surface area (Å²) in [7, 11) is 1.36. The van der Waals surface area contributed by atoms with Gasteiger partial charge >= 0.3 is 5.97 Å². The van der Waals surface area contributed by atoms with E-state index in [1.165, 1.54) is 7.11 Å². The second kappa shape index (κ2) is 9.61. The van der Waals surface area contributed by atoms with Crippen molar-refractivity contribution < 1.29 is 14.3 Å². The van der Waals surface area contributed by atoms with Gasteiger partial charge in [-0.15, -0.1) is 0 Å². The van der Waals surface area contributed by atoms with E-state index in [0.29, 0.717) is 22.7 Å². The van der Waals surface area contributed by atoms with Gasteiger partial charge in [0.15, 0.2) is 0 Å². The number of hydrogen-bond donors (Lipinski definition) is 0. The van der Waals surface area contributed by atoms with Gasteiger partial charge in [0.2, 0.25) is 0 Å². The maximum atomic E-state index is 14.0. The predicted molar refractivity (Wildman–Crippen MR) is 139 cm³/mol. The van der Waals surface area contributed by atoms with Crippen LogP contribution < -0.4 is 4.90 Å². The van der Waals surface area contributed by atoms with Crippen molar-refractivity contribution in [3.63, 3.8) is 0 Å². The largest absolute Gasteiger partial charge is 0.465 e. The average molecular weight is 480 g/mol. The average Bonchev–Trinajstić information content (AvgIpc) is 3.17. The smallest absolute Gasteiger partial charge is 0.337 e. The van der Waals surface area contributed by atoms with Crippen molar-refractivity contribution in [3.8, 4) is 0 Å². The number of methoxy groups -OCH3 is 1. The Balaban J connectivity index is 1.66. The van der Waals surface area contributed by atoms with Crippen LogP contribution in [0, 0.1) is 0 Å². The molecule has 0 saturated heterocycles. The number of anilines is 1. The molecule has 0 spiro atoms. The number of nitrogens with zero attached hydrogens (tertiary/aromatic N) is 1.